The molecule has 2 aromatic rings. The third-order valence-corrected chi connectivity index (χ3v) is 3.47. The smallest absolute Gasteiger partial charge is 0.248 e. The van der Waals surface area contributed by atoms with Crippen molar-refractivity contribution >= 4 is 5.91 Å². The lowest BCUT2D eigenvalue weighted by molar-refractivity contribution is -0.129. The fourth-order valence-corrected chi connectivity index (χ4v) is 2.22. The number of nitrogens with one attached hydrogen (secondary N) is 2. The lowest BCUT2D eigenvalue weighted by Gasteiger charge is -2.23. The summed E-state index contributed by atoms with van der Waals surface area (Å²) in [6, 6.07) is 11.7. The molecular formula is C17H20N2O3. The topological polar surface area (TPSA) is 82.2 Å². The van der Waals surface area contributed by atoms with E-state index in [-0.39, 0.29) is 23.8 Å². The number of aromatic nitrogens is 1. The van der Waals surface area contributed by atoms with Gasteiger partial charge in [0.05, 0.1) is 6.54 Å². The van der Waals surface area contributed by atoms with Gasteiger partial charge in [-0.1, -0.05) is 32.0 Å². The molecule has 1 aromatic carbocycles. The summed E-state index contributed by atoms with van der Waals surface area (Å²) >= 11 is 0. The molecule has 1 amide bonds. The number of carbonyl (C=O) groups is 1. The molecule has 3 N–H and O–H groups in total. The number of phenolic OH excluding ortho intramolecular Hbond substituents is 1. The average Bonchev–Trinajstić information content (AvgIpc) is 2.47. The Morgan fingerprint density at radius 2 is 1.86 bits per heavy atom. The van der Waals surface area contributed by atoms with Crippen LogP contribution in [-0.4, -0.2) is 16.0 Å². The Balaban J connectivity index is 1.97. The van der Waals surface area contributed by atoms with Gasteiger partial charge in [0.25, 0.3) is 0 Å². The number of pyridine rings is 1. The Hall–Kier alpha value is -2.56. The van der Waals surface area contributed by atoms with Crippen molar-refractivity contribution in [3.05, 3.63) is 64.1 Å². The maximum Gasteiger partial charge on any atom is 0.248 e. The van der Waals surface area contributed by atoms with E-state index in [9.17, 15) is 14.7 Å². The van der Waals surface area contributed by atoms with Gasteiger partial charge in [0.2, 0.25) is 11.5 Å². The van der Waals surface area contributed by atoms with Gasteiger partial charge in [-0.05, 0) is 30.2 Å². The highest BCUT2D eigenvalue weighted by molar-refractivity contribution is 5.82. The van der Waals surface area contributed by atoms with Crippen molar-refractivity contribution in [3.8, 4) is 5.75 Å². The molecule has 5 heteroatoms. The van der Waals surface area contributed by atoms with Crippen LogP contribution in [0.5, 0.6) is 5.75 Å². The second-order valence-electron chi connectivity index (χ2n) is 5.95. The van der Waals surface area contributed by atoms with Crippen LogP contribution in [0.1, 0.15) is 25.1 Å². The second-order valence-corrected chi connectivity index (χ2v) is 5.95. The zero-order valence-electron chi connectivity index (χ0n) is 12.7. The minimum atomic E-state index is -0.591. The van der Waals surface area contributed by atoms with Gasteiger partial charge in [-0.3, -0.25) is 9.59 Å². The summed E-state index contributed by atoms with van der Waals surface area (Å²) in [6.45, 7) is 4.01. The minimum absolute atomic E-state index is 0.0923. The highest BCUT2D eigenvalue weighted by atomic mass is 16.3. The molecule has 0 aliphatic carbocycles. The number of rotatable bonds is 5. The van der Waals surface area contributed by atoms with Crippen LogP contribution in [-0.2, 0) is 17.8 Å². The normalized spacial score (nSPS) is 11.2. The molecule has 0 fully saturated rings. The minimum Gasteiger partial charge on any atom is -0.508 e. The second kappa shape index (κ2) is 6.47. The Kier molecular flexibility index (Phi) is 4.65. The Bertz CT molecular complexity index is 702. The van der Waals surface area contributed by atoms with Crippen LogP contribution in [0.25, 0.3) is 0 Å². The molecule has 0 bridgehead atoms. The van der Waals surface area contributed by atoms with Gasteiger partial charge < -0.3 is 15.4 Å². The van der Waals surface area contributed by atoms with Crippen LogP contribution in [0.15, 0.2) is 47.3 Å². The first-order valence-corrected chi connectivity index (χ1v) is 7.11. The van der Waals surface area contributed by atoms with Crippen LogP contribution in [0.3, 0.4) is 0 Å². The predicted octanol–water partition coefficient (Wildman–Crippen LogP) is 1.97. The summed E-state index contributed by atoms with van der Waals surface area (Å²) < 4.78 is 0. The standard InChI is InChI=1S/C17H20N2O3/c1-17(2,10-12-6-8-14(20)9-7-12)16(22)18-11-13-4-3-5-15(21)19-13/h3-9,20H,10-11H2,1-2H3,(H,18,22)(H,19,21). The molecule has 5 nitrogen and oxygen atoms in total. The van der Waals surface area contributed by atoms with E-state index in [2.05, 4.69) is 10.3 Å². The zero-order valence-corrected chi connectivity index (χ0v) is 12.7. The number of phenols is 1. The summed E-state index contributed by atoms with van der Waals surface area (Å²) in [5.41, 5.74) is 0.869. The van der Waals surface area contributed by atoms with Crippen molar-refractivity contribution in [1.29, 1.82) is 0 Å². The van der Waals surface area contributed by atoms with Crippen molar-refractivity contribution in [2.75, 3.05) is 0 Å². The number of H-pyrrole nitrogens is 1. The molecule has 2 rings (SSSR count). The largest absolute Gasteiger partial charge is 0.508 e. The van der Waals surface area contributed by atoms with Gasteiger partial charge in [-0.2, -0.15) is 0 Å². The highest BCUT2D eigenvalue weighted by Gasteiger charge is 2.27. The summed E-state index contributed by atoms with van der Waals surface area (Å²) in [7, 11) is 0. The zero-order chi connectivity index (χ0) is 16.2. The van der Waals surface area contributed by atoms with Gasteiger partial charge in [0.15, 0.2) is 0 Å². The molecule has 1 aromatic heterocycles. The van der Waals surface area contributed by atoms with E-state index in [0.29, 0.717) is 12.1 Å². The monoisotopic (exact) mass is 300 g/mol. The molecule has 0 saturated heterocycles. The molecule has 1 heterocycles. The lowest BCUT2D eigenvalue weighted by atomic mass is 9.85. The number of carbonyl (C=O) groups excluding carboxylic acids is 1. The molecule has 116 valence electrons. The van der Waals surface area contributed by atoms with Crippen molar-refractivity contribution in [1.82, 2.24) is 10.3 Å². The Morgan fingerprint density at radius 1 is 1.18 bits per heavy atom. The first kappa shape index (κ1) is 15.8. The lowest BCUT2D eigenvalue weighted by Crippen LogP contribution is -2.38. The van der Waals surface area contributed by atoms with Gasteiger partial charge in [-0.15, -0.1) is 0 Å². The van der Waals surface area contributed by atoms with Gasteiger partial charge in [0.1, 0.15) is 5.75 Å². The van der Waals surface area contributed by atoms with Crippen LogP contribution in [0, 0.1) is 5.41 Å². The van der Waals surface area contributed by atoms with Gasteiger partial charge in [0, 0.05) is 17.2 Å². The number of benzene rings is 1. The average molecular weight is 300 g/mol. The molecule has 0 atom stereocenters. The summed E-state index contributed by atoms with van der Waals surface area (Å²) in [5.74, 6) is 0.115. The van der Waals surface area contributed by atoms with Crippen LogP contribution >= 0.6 is 0 Å². The fraction of sp³-hybridized carbons (Fsp3) is 0.294. The van der Waals surface area contributed by atoms with E-state index in [1.165, 1.54) is 6.07 Å². The molecule has 0 unspecified atom stereocenters. The van der Waals surface area contributed by atoms with Crippen LogP contribution in [0.4, 0.5) is 0 Å². The van der Waals surface area contributed by atoms with E-state index in [1.54, 1.807) is 36.4 Å². The maximum atomic E-state index is 12.3. The number of hydrogen-bond acceptors (Lipinski definition) is 3. The molecule has 0 radical (unpaired) electrons. The van der Waals surface area contributed by atoms with E-state index in [4.69, 9.17) is 0 Å². The quantitative estimate of drug-likeness (QED) is 0.789. The Labute approximate surface area is 129 Å². The van der Waals surface area contributed by atoms with Crippen LogP contribution < -0.4 is 10.9 Å². The number of amides is 1. The molecule has 0 aliphatic rings. The third kappa shape index (κ3) is 4.22. The SMILES string of the molecule is CC(C)(Cc1ccc(O)cc1)C(=O)NCc1cccc(=O)[nH]1. The molecular weight excluding hydrogens is 280 g/mol. The number of hydrogen-bond donors (Lipinski definition) is 3. The van der Waals surface area contributed by atoms with Crippen LogP contribution in [0.2, 0.25) is 0 Å². The molecule has 0 aliphatic heterocycles. The maximum absolute atomic E-state index is 12.3. The van der Waals surface area contributed by atoms with E-state index in [0.717, 1.165) is 5.56 Å². The molecule has 22 heavy (non-hydrogen) atoms. The third-order valence-electron chi connectivity index (χ3n) is 3.47. The predicted molar refractivity (Wildman–Crippen MR) is 84.5 cm³/mol. The summed E-state index contributed by atoms with van der Waals surface area (Å²) in [5, 5.41) is 12.1. The number of aromatic amines is 1. The first-order valence-electron chi connectivity index (χ1n) is 7.11. The van der Waals surface area contributed by atoms with Crippen molar-refractivity contribution < 1.29 is 9.90 Å². The van der Waals surface area contributed by atoms with Crippen molar-refractivity contribution in [2.24, 2.45) is 5.41 Å². The fourth-order valence-electron chi connectivity index (χ4n) is 2.22. The van der Waals surface area contributed by atoms with E-state index < -0.39 is 5.41 Å². The highest BCUT2D eigenvalue weighted by Crippen LogP contribution is 2.23. The summed E-state index contributed by atoms with van der Waals surface area (Å²) in [6.07, 6.45) is 0.560. The van der Waals surface area contributed by atoms with E-state index in [1.807, 2.05) is 13.8 Å². The van der Waals surface area contributed by atoms with Gasteiger partial charge in [-0.25, -0.2) is 0 Å². The van der Waals surface area contributed by atoms with Crippen molar-refractivity contribution in [3.63, 3.8) is 0 Å². The molecule has 0 spiro atoms. The first-order chi connectivity index (χ1) is 10.4. The van der Waals surface area contributed by atoms with Gasteiger partial charge >= 0.3 is 0 Å². The number of aromatic hydroxyl groups is 1. The summed E-state index contributed by atoms with van der Waals surface area (Å²) in [4.78, 5) is 26.2. The molecule has 0 saturated carbocycles. The Morgan fingerprint density at radius 3 is 2.50 bits per heavy atom. The van der Waals surface area contributed by atoms with Crippen molar-refractivity contribution in [2.45, 2.75) is 26.8 Å². The van der Waals surface area contributed by atoms with E-state index >= 15 is 0 Å².